The molecule has 0 aromatic heterocycles. The number of hydrogen-bond donors (Lipinski definition) is 3. The molecule has 0 aliphatic rings. The molecule has 2 unspecified atom stereocenters. The van der Waals surface area contributed by atoms with Crippen LogP contribution in [-0.2, 0) is 9.53 Å². The third-order valence-corrected chi connectivity index (χ3v) is 2.85. The van der Waals surface area contributed by atoms with Crippen molar-refractivity contribution in [1.82, 2.24) is 0 Å². The molecule has 0 spiro atoms. The maximum atomic E-state index is 11.7. The molecule has 1 aromatic rings. The lowest BCUT2D eigenvalue weighted by atomic mass is 10.1. The van der Waals surface area contributed by atoms with Crippen LogP contribution in [0.3, 0.4) is 0 Å². The molecule has 0 fully saturated rings. The van der Waals surface area contributed by atoms with E-state index in [9.17, 15) is 4.79 Å². The lowest BCUT2D eigenvalue weighted by Gasteiger charge is -2.20. The zero-order valence-electron chi connectivity index (χ0n) is 10.9. The summed E-state index contributed by atoms with van der Waals surface area (Å²) in [6.07, 6.45) is 0.597. The number of thiol groups is 1. The van der Waals surface area contributed by atoms with Crippen LogP contribution in [0.25, 0.3) is 0 Å². The zero-order valence-corrected chi connectivity index (χ0v) is 11.8. The first-order valence-corrected chi connectivity index (χ1v) is 6.34. The molecule has 5 heteroatoms. The van der Waals surface area contributed by atoms with Crippen LogP contribution in [0.4, 0.5) is 11.4 Å². The SMILES string of the molecule is COC(=O)C(CC(C)S)Nc1ccc(N)cc1C. The molecule has 0 aliphatic heterocycles. The maximum absolute atomic E-state index is 11.7. The summed E-state index contributed by atoms with van der Waals surface area (Å²) in [6, 6.07) is 5.13. The summed E-state index contributed by atoms with van der Waals surface area (Å²) in [5.41, 5.74) is 8.28. The summed E-state index contributed by atoms with van der Waals surface area (Å²) in [6.45, 7) is 3.88. The molecule has 1 rings (SSSR count). The number of methoxy groups -OCH3 is 1. The molecule has 0 amide bonds. The Hall–Kier alpha value is -1.36. The molecule has 0 radical (unpaired) electrons. The topological polar surface area (TPSA) is 64.3 Å². The first kappa shape index (κ1) is 14.7. The van der Waals surface area contributed by atoms with Crippen LogP contribution >= 0.6 is 12.6 Å². The van der Waals surface area contributed by atoms with E-state index >= 15 is 0 Å². The largest absolute Gasteiger partial charge is 0.467 e. The molecule has 2 atom stereocenters. The predicted octanol–water partition coefficient (Wildman–Crippen LogP) is 2.24. The van der Waals surface area contributed by atoms with E-state index in [2.05, 4.69) is 17.9 Å². The van der Waals surface area contributed by atoms with Gasteiger partial charge >= 0.3 is 5.97 Å². The number of rotatable bonds is 5. The van der Waals surface area contributed by atoms with Gasteiger partial charge in [0.2, 0.25) is 0 Å². The first-order valence-electron chi connectivity index (χ1n) is 5.82. The van der Waals surface area contributed by atoms with E-state index in [0.29, 0.717) is 12.1 Å². The Morgan fingerprint density at radius 1 is 1.56 bits per heavy atom. The van der Waals surface area contributed by atoms with Gasteiger partial charge in [-0.3, -0.25) is 0 Å². The number of ether oxygens (including phenoxy) is 1. The molecule has 0 saturated carbocycles. The molecule has 3 N–H and O–H groups in total. The molecule has 18 heavy (non-hydrogen) atoms. The highest BCUT2D eigenvalue weighted by molar-refractivity contribution is 7.80. The number of esters is 1. The first-order chi connectivity index (χ1) is 8.43. The van der Waals surface area contributed by atoms with Gasteiger partial charge in [-0.15, -0.1) is 0 Å². The van der Waals surface area contributed by atoms with Gasteiger partial charge in [0, 0.05) is 16.6 Å². The number of nitrogens with two attached hydrogens (primary N) is 1. The third-order valence-electron chi connectivity index (χ3n) is 2.64. The van der Waals surface area contributed by atoms with Crippen molar-refractivity contribution < 1.29 is 9.53 Å². The van der Waals surface area contributed by atoms with Gasteiger partial charge in [0.05, 0.1) is 7.11 Å². The highest BCUT2D eigenvalue weighted by atomic mass is 32.1. The number of benzene rings is 1. The van der Waals surface area contributed by atoms with Crippen molar-refractivity contribution in [3.05, 3.63) is 23.8 Å². The average Bonchev–Trinajstić information content (AvgIpc) is 2.30. The van der Waals surface area contributed by atoms with Crippen molar-refractivity contribution in [2.45, 2.75) is 31.6 Å². The normalized spacial score (nSPS) is 13.8. The van der Waals surface area contributed by atoms with Crippen molar-refractivity contribution in [2.75, 3.05) is 18.2 Å². The lowest BCUT2D eigenvalue weighted by Crippen LogP contribution is -2.33. The van der Waals surface area contributed by atoms with E-state index in [4.69, 9.17) is 10.5 Å². The van der Waals surface area contributed by atoms with Gasteiger partial charge in [-0.25, -0.2) is 4.79 Å². The minimum absolute atomic E-state index is 0.107. The number of nitrogen functional groups attached to an aromatic ring is 1. The second kappa shape index (κ2) is 6.54. The average molecular weight is 268 g/mol. The summed E-state index contributed by atoms with van der Waals surface area (Å²) in [5.74, 6) is -0.285. The van der Waals surface area contributed by atoms with Crippen LogP contribution in [0.1, 0.15) is 18.9 Å². The molecule has 100 valence electrons. The summed E-state index contributed by atoms with van der Waals surface area (Å²) in [7, 11) is 1.38. The Morgan fingerprint density at radius 2 is 2.22 bits per heavy atom. The number of nitrogens with one attached hydrogen (secondary N) is 1. The standard InChI is InChI=1S/C13H20N2O2S/c1-8-6-10(14)4-5-11(8)15-12(7-9(2)18)13(16)17-3/h4-6,9,12,15,18H,7,14H2,1-3H3. The van der Waals surface area contributed by atoms with E-state index in [0.717, 1.165) is 11.3 Å². The fourth-order valence-electron chi connectivity index (χ4n) is 1.73. The van der Waals surface area contributed by atoms with Crippen molar-refractivity contribution in [1.29, 1.82) is 0 Å². The van der Waals surface area contributed by atoms with Gasteiger partial charge in [0.15, 0.2) is 0 Å². The smallest absolute Gasteiger partial charge is 0.328 e. The number of anilines is 2. The highest BCUT2D eigenvalue weighted by Crippen LogP contribution is 2.20. The Labute approximate surface area is 113 Å². The highest BCUT2D eigenvalue weighted by Gasteiger charge is 2.21. The van der Waals surface area contributed by atoms with Crippen LogP contribution in [0, 0.1) is 6.92 Å². The lowest BCUT2D eigenvalue weighted by molar-refractivity contribution is -0.141. The fraction of sp³-hybridized carbons (Fsp3) is 0.462. The molecular formula is C13H20N2O2S. The number of hydrogen-bond acceptors (Lipinski definition) is 5. The molecule has 0 saturated heterocycles. The number of carbonyl (C=O) groups is 1. The molecular weight excluding hydrogens is 248 g/mol. The molecule has 0 bridgehead atoms. The van der Waals surface area contributed by atoms with Crippen molar-refractivity contribution in [3.8, 4) is 0 Å². The second-order valence-electron chi connectivity index (χ2n) is 4.38. The minimum atomic E-state index is -0.398. The van der Waals surface area contributed by atoms with Crippen LogP contribution in [0.15, 0.2) is 18.2 Å². The Balaban J connectivity index is 2.85. The Bertz CT molecular complexity index is 421. The zero-order chi connectivity index (χ0) is 13.7. The van der Waals surface area contributed by atoms with Crippen molar-refractivity contribution in [3.63, 3.8) is 0 Å². The van der Waals surface area contributed by atoms with Crippen LogP contribution in [-0.4, -0.2) is 24.4 Å². The summed E-state index contributed by atoms with van der Waals surface area (Å²) < 4.78 is 4.79. The second-order valence-corrected chi connectivity index (χ2v) is 5.26. The summed E-state index contributed by atoms with van der Waals surface area (Å²) >= 11 is 4.31. The molecule has 1 aromatic carbocycles. The van der Waals surface area contributed by atoms with Gasteiger partial charge in [-0.1, -0.05) is 6.92 Å². The Morgan fingerprint density at radius 3 is 2.72 bits per heavy atom. The van der Waals surface area contributed by atoms with E-state index in [-0.39, 0.29) is 11.2 Å². The predicted molar refractivity (Wildman–Crippen MR) is 78.1 cm³/mol. The van der Waals surface area contributed by atoms with E-state index in [1.165, 1.54) is 7.11 Å². The molecule has 0 heterocycles. The van der Waals surface area contributed by atoms with E-state index in [1.807, 2.05) is 26.0 Å². The van der Waals surface area contributed by atoms with E-state index in [1.54, 1.807) is 6.07 Å². The van der Waals surface area contributed by atoms with Crippen molar-refractivity contribution >= 4 is 30.0 Å². The van der Waals surface area contributed by atoms with Crippen molar-refractivity contribution in [2.24, 2.45) is 0 Å². The molecule has 4 nitrogen and oxygen atoms in total. The monoisotopic (exact) mass is 268 g/mol. The van der Waals surface area contributed by atoms with Gasteiger partial charge in [-0.05, 0) is 37.1 Å². The van der Waals surface area contributed by atoms with Gasteiger partial charge in [-0.2, -0.15) is 12.6 Å². The van der Waals surface area contributed by atoms with E-state index < -0.39 is 6.04 Å². The van der Waals surface area contributed by atoms with Gasteiger partial charge in [0.1, 0.15) is 6.04 Å². The number of aryl methyl sites for hydroxylation is 1. The number of carbonyl (C=O) groups excluding carboxylic acids is 1. The van der Waals surface area contributed by atoms with Gasteiger partial charge in [0.25, 0.3) is 0 Å². The molecule has 0 aliphatic carbocycles. The maximum Gasteiger partial charge on any atom is 0.328 e. The quantitative estimate of drug-likeness (QED) is 0.435. The van der Waals surface area contributed by atoms with Crippen LogP contribution < -0.4 is 11.1 Å². The van der Waals surface area contributed by atoms with Crippen LogP contribution in [0.5, 0.6) is 0 Å². The fourth-order valence-corrected chi connectivity index (χ4v) is 1.94. The summed E-state index contributed by atoms with van der Waals surface area (Å²) in [4.78, 5) is 11.7. The van der Waals surface area contributed by atoms with Crippen LogP contribution in [0.2, 0.25) is 0 Å². The minimum Gasteiger partial charge on any atom is -0.467 e. The Kier molecular flexibility index (Phi) is 5.34. The summed E-state index contributed by atoms with van der Waals surface area (Å²) in [5, 5.41) is 3.28. The van der Waals surface area contributed by atoms with Gasteiger partial charge < -0.3 is 15.8 Å². The third kappa shape index (κ3) is 4.14.